The molecule has 3 amide bonds. The molecule has 6 unspecified atom stereocenters. The molecule has 1 aliphatic heterocycles. The number of nitrogens with zero attached hydrogens (tertiary/aromatic N) is 1. The van der Waals surface area contributed by atoms with E-state index in [4.69, 9.17) is 11.5 Å². The molecule has 34 heavy (non-hydrogen) atoms. The molecule has 0 aromatic carbocycles. The zero-order chi connectivity index (χ0) is 25.8. The minimum Gasteiger partial charge on any atom is -0.480 e. The van der Waals surface area contributed by atoms with Gasteiger partial charge in [0.1, 0.15) is 18.1 Å². The van der Waals surface area contributed by atoms with Gasteiger partial charge in [0.05, 0.1) is 12.1 Å². The molecule has 13 nitrogen and oxygen atoms in total. The van der Waals surface area contributed by atoms with E-state index in [1.807, 2.05) is 6.92 Å². The summed E-state index contributed by atoms with van der Waals surface area (Å²) in [4.78, 5) is 53.6. The first kappa shape index (κ1) is 29.1. The Hall–Kier alpha value is -2.93. The zero-order valence-corrected chi connectivity index (χ0v) is 20.0. The van der Waals surface area contributed by atoms with Crippen LogP contribution in [-0.2, 0) is 19.2 Å². The number of hydrogen-bond acceptors (Lipinski definition) is 7. The number of nitrogens with two attached hydrogens (primary N) is 2. The SMILES string of the molecule is CCC(C)C(NC(=O)C1CCCN1)C(=O)NC(C(=O)NC(CCCN=C(N)N)C(=O)O)C(C)O. The smallest absolute Gasteiger partial charge is 0.326 e. The average Bonchev–Trinajstić information content (AvgIpc) is 3.31. The summed E-state index contributed by atoms with van der Waals surface area (Å²) in [5, 5.41) is 30.2. The van der Waals surface area contributed by atoms with Gasteiger partial charge in [0.25, 0.3) is 0 Å². The number of carboxylic acids is 1. The van der Waals surface area contributed by atoms with E-state index in [1.165, 1.54) is 6.92 Å². The molecule has 0 bridgehead atoms. The lowest BCUT2D eigenvalue weighted by atomic mass is 9.97. The summed E-state index contributed by atoms with van der Waals surface area (Å²) in [7, 11) is 0. The highest BCUT2D eigenvalue weighted by atomic mass is 16.4. The van der Waals surface area contributed by atoms with Gasteiger partial charge in [0.2, 0.25) is 17.7 Å². The first-order chi connectivity index (χ1) is 16.0. The van der Waals surface area contributed by atoms with Crippen LogP contribution in [0.1, 0.15) is 52.9 Å². The van der Waals surface area contributed by atoms with Crippen LogP contribution in [0.4, 0.5) is 0 Å². The third-order valence-electron chi connectivity index (χ3n) is 5.79. The molecule has 0 spiro atoms. The Morgan fingerprint density at radius 1 is 1.09 bits per heavy atom. The largest absolute Gasteiger partial charge is 0.480 e. The molecule has 0 aromatic rings. The third kappa shape index (κ3) is 9.51. The lowest BCUT2D eigenvalue weighted by molar-refractivity contribution is -0.143. The molecule has 0 radical (unpaired) electrons. The Bertz CT molecular complexity index is 735. The predicted molar refractivity (Wildman–Crippen MR) is 125 cm³/mol. The van der Waals surface area contributed by atoms with Gasteiger partial charge in [-0.15, -0.1) is 0 Å². The molecule has 1 aliphatic rings. The number of rotatable bonds is 14. The molecule has 194 valence electrons. The summed E-state index contributed by atoms with van der Waals surface area (Å²) in [6.07, 6.45) is 1.12. The summed E-state index contributed by atoms with van der Waals surface area (Å²) < 4.78 is 0. The van der Waals surface area contributed by atoms with Crippen LogP contribution in [0.5, 0.6) is 0 Å². The van der Waals surface area contributed by atoms with Crippen molar-refractivity contribution < 1.29 is 29.4 Å². The van der Waals surface area contributed by atoms with Crippen molar-refractivity contribution in [3.63, 3.8) is 0 Å². The monoisotopic (exact) mass is 485 g/mol. The van der Waals surface area contributed by atoms with Gasteiger partial charge in [-0.2, -0.15) is 0 Å². The lowest BCUT2D eigenvalue weighted by Crippen LogP contribution is -2.60. The van der Waals surface area contributed by atoms with E-state index in [0.717, 1.165) is 13.0 Å². The van der Waals surface area contributed by atoms with Crippen molar-refractivity contribution in [2.75, 3.05) is 13.1 Å². The maximum absolute atomic E-state index is 13.0. The van der Waals surface area contributed by atoms with Gasteiger partial charge < -0.3 is 42.9 Å². The second-order valence-electron chi connectivity index (χ2n) is 8.60. The number of aliphatic imine (C=N–C) groups is 1. The van der Waals surface area contributed by atoms with Crippen molar-refractivity contribution in [3.8, 4) is 0 Å². The van der Waals surface area contributed by atoms with E-state index in [2.05, 4.69) is 26.3 Å². The second-order valence-corrected chi connectivity index (χ2v) is 8.60. The summed E-state index contributed by atoms with van der Waals surface area (Å²) in [6.45, 7) is 5.87. The Balaban J connectivity index is 2.85. The fourth-order valence-electron chi connectivity index (χ4n) is 3.53. The number of nitrogens with one attached hydrogen (secondary N) is 4. The van der Waals surface area contributed by atoms with Gasteiger partial charge in [-0.1, -0.05) is 20.3 Å². The summed E-state index contributed by atoms with van der Waals surface area (Å²) in [6, 6.07) is -3.99. The van der Waals surface area contributed by atoms with Crippen molar-refractivity contribution in [1.29, 1.82) is 0 Å². The molecular weight excluding hydrogens is 446 g/mol. The number of guanidine groups is 1. The molecule has 0 aliphatic carbocycles. The molecule has 13 heteroatoms. The Morgan fingerprint density at radius 3 is 2.24 bits per heavy atom. The fourth-order valence-corrected chi connectivity index (χ4v) is 3.53. The molecular formula is C21H39N7O6. The molecule has 1 saturated heterocycles. The second kappa shape index (κ2) is 14.4. The molecule has 0 aromatic heterocycles. The van der Waals surface area contributed by atoms with E-state index in [0.29, 0.717) is 12.8 Å². The first-order valence-corrected chi connectivity index (χ1v) is 11.6. The minimum absolute atomic E-state index is 0.0399. The Kier molecular flexibility index (Phi) is 12.3. The molecule has 0 saturated carbocycles. The topological polar surface area (TPSA) is 221 Å². The number of aliphatic hydroxyl groups excluding tert-OH is 1. The third-order valence-corrected chi connectivity index (χ3v) is 5.79. The quantitative estimate of drug-likeness (QED) is 0.0755. The van der Waals surface area contributed by atoms with Gasteiger partial charge in [0.15, 0.2) is 5.96 Å². The van der Waals surface area contributed by atoms with E-state index in [-0.39, 0.29) is 43.2 Å². The van der Waals surface area contributed by atoms with E-state index in [1.54, 1.807) is 6.92 Å². The van der Waals surface area contributed by atoms with Gasteiger partial charge in [-0.3, -0.25) is 19.4 Å². The van der Waals surface area contributed by atoms with Crippen LogP contribution >= 0.6 is 0 Å². The highest BCUT2D eigenvalue weighted by molar-refractivity contribution is 5.94. The van der Waals surface area contributed by atoms with Gasteiger partial charge in [0, 0.05) is 6.54 Å². The predicted octanol–water partition coefficient (Wildman–Crippen LogP) is -2.24. The van der Waals surface area contributed by atoms with E-state index >= 15 is 0 Å². The summed E-state index contributed by atoms with van der Waals surface area (Å²) in [5.74, 6) is -3.44. The fraction of sp³-hybridized carbons (Fsp3) is 0.762. The first-order valence-electron chi connectivity index (χ1n) is 11.6. The van der Waals surface area contributed by atoms with Gasteiger partial charge in [-0.25, -0.2) is 4.79 Å². The maximum atomic E-state index is 13.0. The summed E-state index contributed by atoms with van der Waals surface area (Å²) in [5.41, 5.74) is 10.5. The van der Waals surface area contributed by atoms with Crippen molar-refractivity contribution in [2.24, 2.45) is 22.4 Å². The van der Waals surface area contributed by atoms with Crippen molar-refractivity contribution in [2.45, 2.75) is 83.1 Å². The normalized spacial score (nSPS) is 19.7. The molecule has 6 atom stereocenters. The highest BCUT2D eigenvalue weighted by Crippen LogP contribution is 2.12. The van der Waals surface area contributed by atoms with Crippen molar-refractivity contribution in [1.82, 2.24) is 21.3 Å². The van der Waals surface area contributed by atoms with Crippen LogP contribution in [0.15, 0.2) is 4.99 Å². The average molecular weight is 486 g/mol. The summed E-state index contributed by atoms with van der Waals surface area (Å²) >= 11 is 0. The Morgan fingerprint density at radius 2 is 1.74 bits per heavy atom. The van der Waals surface area contributed by atoms with Crippen LogP contribution in [-0.4, -0.2) is 83.2 Å². The number of hydrogen-bond donors (Lipinski definition) is 8. The number of amides is 3. The van der Waals surface area contributed by atoms with Gasteiger partial charge >= 0.3 is 5.97 Å². The number of carbonyl (C=O) groups is 4. The maximum Gasteiger partial charge on any atom is 0.326 e. The minimum atomic E-state index is -1.42. The standard InChI is InChI=1S/C21H39N7O6/c1-4-11(2)15(27-17(30)13-7-5-9-24-13)18(31)28-16(12(3)29)19(32)26-14(20(33)34)8-6-10-25-21(22)23/h11-16,24,29H,4-10H2,1-3H3,(H,26,32)(H,27,30)(H,28,31)(H,33,34)(H4,22,23,25). The Labute approximate surface area is 199 Å². The number of carbonyl (C=O) groups excluding carboxylic acids is 3. The van der Waals surface area contributed by atoms with Crippen LogP contribution in [0.25, 0.3) is 0 Å². The molecule has 10 N–H and O–H groups in total. The lowest BCUT2D eigenvalue weighted by Gasteiger charge is -2.29. The van der Waals surface area contributed by atoms with Crippen LogP contribution in [0.2, 0.25) is 0 Å². The number of aliphatic hydroxyl groups is 1. The molecule has 1 rings (SSSR count). The number of carboxylic acid groups (broad SMARTS) is 1. The van der Waals surface area contributed by atoms with Gasteiger partial charge in [-0.05, 0) is 45.1 Å². The molecule has 1 heterocycles. The van der Waals surface area contributed by atoms with Crippen molar-refractivity contribution >= 4 is 29.7 Å². The van der Waals surface area contributed by atoms with Crippen LogP contribution in [0.3, 0.4) is 0 Å². The van der Waals surface area contributed by atoms with Crippen LogP contribution in [0, 0.1) is 5.92 Å². The van der Waals surface area contributed by atoms with Crippen molar-refractivity contribution in [3.05, 3.63) is 0 Å². The van der Waals surface area contributed by atoms with E-state index < -0.39 is 42.0 Å². The van der Waals surface area contributed by atoms with Crippen LogP contribution < -0.4 is 32.7 Å². The molecule has 1 fully saturated rings. The highest BCUT2D eigenvalue weighted by Gasteiger charge is 2.35. The number of aliphatic carboxylic acids is 1. The zero-order valence-electron chi connectivity index (χ0n) is 20.0. The van der Waals surface area contributed by atoms with E-state index in [9.17, 15) is 29.4 Å².